The fraction of sp³-hybridized carbons (Fsp3) is 0.269. The molecule has 1 aliphatic carbocycles. The van der Waals surface area contributed by atoms with Gasteiger partial charge < -0.3 is 19.9 Å². The molecule has 1 saturated carbocycles. The Morgan fingerprint density at radius 1 is 1.03 bits per heavy atom. The first-order valence-electron chi connectivity index (χ1n) is 11.2. The molecule has 7 nitrogen and oxygen atoms in total. The molecule has 0 bridgehead atoms. The van der Waals surface area contributed by atoms with Crippen LogP contribution in [0.5, 0.6) is 11.5 Å². The Labute approximate surface area is 200 Å². The highest BCUT2D eigenvalue weighted by Gasteiger charge is 2.51. The Balaban J connectivity index is 1.30. The number of carbonyl (C=O) groups is 1. The SMILES string of the molecule is C[C@H](CO)NS(=O)c1ccc(-c2cccc(NC(=O)C3(c4ccc5c(c4)OCO5)CC3)c2)cc1. The van der Waals surface area contributed by atoms with E-state index >= 15 is 0 Å². The van der Waals surface area contributed by atoms with Gasteiger partial charge in [-0.1, -0.05) is 30.3 Å². The van der Waals surface area contributed by atoms with Crippen LogP contribution in [0.25, 0.3) is 11.1 Å². The first-order valence-corrected chi connectivity index (χ1v) is 12.3. The number of benzene rings is 3. The second-order valence-corrected chi connectivity index (χ2v) is 9.92. The molecule has 0 radical (unpaired) electrons. The molecule has 5 rings (SSSR count). The summed E-state index contributed by atoms with van der Waals surface area (Å²) >= 11 is 0. The normalized spacial score (nSPS) is 17.1. The number of nitrogens with one attached hydrogen (secondary N) is 2. The minimum atomic E-state index is -1.40. The van der Waals surface area contributed by atoms with E-state index in [1.807, 2.05) is 54.6 Å². The largest absolute Gasteiger partial charge is 0.454 e. The van der Waals surface area contributed by atoms with Crippen LogP contribution in [0.3, 0.4) is 0 Å². The summed E-state index contributed by atoms with van der Waals surface area (Å²) in [5, 5.41) is 12.2. The van der Waals surface area contributed by atoms with E-state index < -0.39 is 16.4 Å². The van der Waals surface area contributed by atoms with E-state index in [0.29, 0.717) is 16.4 Å². The van der Waals surface area contributed by atoms with Crippen LogP contribution in [0.15, 0.2) is 71.6 Å². The molecule has 1 fully saturated rings. The van der Waals surface area contributed by atoms with Crippen LogP contribution in [0, 0.1) is 0 Å². The number of amides is 1. The van der Waals surface area contributed by atoms with E-state index in [4.69, 9.17) is 14.6 Å². The van der Waals surface area contributed by atoms with E-state index in [1.54, 1.807) is 19.1 Å². The third-order valence-corrected chi connectivity index (χ3v) is 7.53. The van der Waals surface area contributed by atoms with E-state index in [0.717, 1.165) is 35.2 Å². The van der Waals surface area contributed by atoms with Gasteiger partial charge in [0.2, 0.25) is 12.7 Å². The van der Waals surface area contributed by atoms with E-state index in [-0.39, 0.29) is 25.3 Å². The van der Waals surface area contributed by atoms with Gasteiger partial charge in [-0.05, 0) is 72.9 Å². The Morgan fingerprint density at radius 2 is 1.79 bits per heavy atom. The van der Waals surface area contributed by atoms with Crippen molar-refractivity contribution in [3.63, 3.8) is 0 Å². The minimum Gasteiger partial charge on any atom is -0.454 e. The van der Waals surface area contributed by atoms with Gasteiger partial charge in [-0.2, -0.15) is 0 Å². The number of rotatable bonds is 8. The lowest BCUT2D eigenvalue weighted by molar-refractivity contribution is -0.118. The number of aliphatic hydroxyl groups is 1. The molecule has 1 amide bonds. The standard InChI is InChI=1S/C26H26N2O5S/c1-17(15-29)28-34(31)22-8-5-18(6-9-22)19-3-2-4-21(13-19)27-25(30)26(11-12-26)20-7-10-23-24(14-20)33-16-32-23/h2-10,13-14,17,28-29H,11-12,15-16H2,1H3,(H,27,30)/t17-,34?/m1/s1. The third-order valence-electron chi connectivity index (χ3n) is 6.21. The summed E-state index contributed by atoms with van der Waals surface area (Å²) < 4.78 is 26.1. The third kappa shape index (κ3) is 4.44. The number of carbonyl (C=O) groups excluding carboxylic acids is 1. The highest BCUT2D eigenvalue weighted by atomic mass is 32.2. The predicted molar refractivity (Wildman–Crippen MR) is 130 cm³/mol. The highest BCUT2D eigenvalue weighted by molar-refractivity contribution is 7.83. The molecular formula is C26H26N2O5S. The Hall–Kier alpha value is -3.20. The van der Waals surface area contributed by atoms with E-state index in [2.05, 4.69) is 10.0 Å². The van der Waals surface area contributed by atoms with Crippen molar-refractivity contribution >= 4 is 22.6 Å². The summed E-state index contributed by atoms with van der Waals surface area (Å²) in [5.41, 5.74) is 3.02. The monoisotopic (exact) mass is 478 g/mol. The van der Waals surface area contributed by atoms with Crippen molar-refractivity contribution in [1.29, 1.82) is 0 Å². The fourth-order valence-corrected chi connectivity index (χ4v) is 5.01. The van der Waals surface area contributed by atoms with Crippen molar-refractivity contribution in [1.82, 2.24) is 4.72 Å². The molecule has 34 heavy (non-hydrogen) atoms. The average molecular weight is 479 g/mol. The lowest BCUT2D eigenvalue weighted by atomic mass is 9.94. The first kappa shape index (κ1) is 22.6. The second-order valence-electron chi connectivity index (χ2n) is 8.68. The van der Waals surface area contributed by atoms with Crippen LogP contribution in [-0.4, -0.2) is 34.7 Å². The number of fused-ring (bicyclic) bond motifs is 1. The lowest BCUT2D eigenvalue weighted by Gasteiger charge is -2.17. The quantitative estimate of drug-likeness (QED) is 0.458. The molecule has 0 aromatic heterocycles. The predicted octanol–water partition coefficient (Wildman–Crippen LogP) is 3.75. The summed E-state index contributed by atoms with van der Waals surface area (Å²) in [7, 11) is -1.40. The lowest BCUT2D eigenvalue weighted by Crippen LogP contribution is -2.30. The molecular weight excluding hydrogens is 452 g/mol. The smallest absolute Gasteiger partial charge is 0.235 e. The molecule has 1 unspecified atom stereocenters. The van der Waals surface area contributed by atoms with Crippen LogP contribution in [0.4, 0.5) is 5.69 Å². The van der Waals surface area contributed by atoms with Crippen LogP contribution in [-0.2, 0) is 21.2 Å². The molecule has 3 N–H and O–H groups in total. The maximum absolute atomic E-state index is 13.2. The van der Waals surface area contributed by atoms with Gasteiger partial charge in [-0.3, -0.25) is 4.79 Å². The van der Waals surface area contributed by atoms with Gasteiger partial charge >= 0.3 is 0 Å². The second kappa shape index (κ2) is 9.21. The maximum Gasteiger partial charge on any atom is 0.235 e. The minimum absolute atomic E-state index is 0.0293. The summed E-state index contributed by atoms with van der Waals surface area (Å²) in [6.45, 7) is 1.89. The summed E-state index contributed by atoms with van der Waals surface area (Å²) in [6, 6.07) is 20.5. The van der Waals surface area contributed by atoms with Gasteiger partial charge in [0.05, 0.1) is 16.9 Å². The molecule has 3 aromatic rings. The average Bonchev–Trinajstić information content (AvgIpc) is 3.55. The van der Waals surface area contributed by atoms with Crippen molar-refractivity contribution in [2.75, 3.05) is 18.7 Å². The van der Waals surface area contributed by atoms with Gasteiger partial charge in [-0.25, -0.2) is 8.93 Å². The van der Waals surface area contributed by atoms with Gasteiger partial charge in [-0.15, -0.1) is 0 Å². The van der Waals surface area contributed by atoms with Crippen molar-refractivity contribution in [3.8, 4) is 22.6 Å². The zero-order valence-corrected chi connectivity index (χ0v) is 19.6. The highest BCUT2D eigenvalue weighted by Crippen LogP contribution is 2.51. The topological polar surface area (TPSA) is 96.9 Å². The molecule has 1 aliphatic heterocycles. The molecule has 3 aromatic carbocycles. The van der Waals surface area contributed by atoms with Crippen molar-refractivity contribution < 1.29 is 23.6 Å². The van der Waals surface area contributed by atoms with Crippen LogP contribution in [0.2, 0.25) is 0 Å². The Bertz CT molecular complexity index is 1240. The molecule has 1 heterocycles. The summed E-state index contributed by atoms with van der Waals surface area (Å²) in [5.74, 6) is 1.36. The zero-order chi connectivity index (χ0) is 23.7. The molecule has 0 saturated heterocycles. The maximum atomic E-state index is 13.2. The number of aliphatic hydroxyl groups excluding tert-OH is 1. The molecule has 8 heteroatoms. The fourth-order valence-electron chi connectivity index (χ4n) is 4.05. The number of ether oxygens (including phenoxy) is 2. The van der Waals surface area contributed by atoms with Crippen LogP contribution in [0.1, 0.15) is 25.3 Å². The first-order chi connectivity index (χ1) is 16.5. The van der Waals surface area contributed by atoms with Crippen LogP contribution < -0.4 is 19.5 Å². The van der Waals surface area contributed by atoms with Gasteiger partial charge in [0.1, 0.15) is 11.0 Å². The number of hydrogen-bond donors (Lipinski definition) is 3. The molecule has 2 atom stereocenters. The molecule has 2 aliphatic rings. The Kier molecular flexibility index (Phi) is 6.12. The number of hydrogen-bond acceptors (Lipinski definition) is 5. The van der Waals surface area contributed by atoms with Gasteiger partial charge in [0.25, 0.3) is 0 Å². The zero-order valence-electron chi connectivity index (χ0n) is 18.7. The van der Waals surface area contributed by atoms with E-state index in [1.165, 1.54) is 0 Å². The summed E-state index contributed by atoms with van der Waals surface area (Å²) in [6.07, 6.45) is 1.58. The molecule has 176 valence electrons. The summed E-state index contributed by atoms with van der Waals surface area (Å²) in [4.78, 5) is 13.9. The van der Waals surface area contributed by atoms with Crippen molar-refractivity contribution in [2.45, 2.75) is 36.1 Å². The van der Waals surface area contributed by atoms with Crippen LogP contribution >= 0.6 is 0 Å². The van der Waals surface area contributed by atoms with Gasteiger partial charge in [0, 0.05) is 11.7 Å². The molecule has 0 spiro atoms. The van der Waals surface area contributed by atoms with Crippen molar-refractivity contribution in [3.05, 3.63) is 72.3 Å². The van der Waals surface area contributed by atoms with Gasteiger partial charge in [0.15, 0.2) is 11.5 Å². The van der Waals surface area contributed by atoms with Crippen molar-refractivity contribution in [2.24, 2.45) is 0 Å². The van der Waals surface area contributed by atoms with E-state index in [9.17, 15) is 9.00 Å². The Morgan fingerprint density at radius 3 is 2.53 bits per heavy atom. The number of anilines is 1.